The number of carbonyl (C=O) groups excluding carboxylic acids is 3. The minimum Gasteiger partial charge on any atom is -0.462 e. The van der Waals surface area contributed by atoms with Crippen LogP contribution >= 0.6 is 0 Å². The van der Waals surface area contributed by atoms with E-state index in [1.54, 1.807) is 13.8 Å². The molecule has 1 unspecified atom stereocenters. The summed E-state index contributed by atoms with van der Waals surface area (Å²) in [6.45, 7) is 8.95. The SMILES string of the molecule is C=C(C)C(=O)OCCC(=O)NCCC(=O)OC(C)OCC. The van der Waals surface area contributed by atoms with Gasteiger partial charge in [-0.2, -0.15) is 0 Å². The van der Waals surface area contributed by atoms with E-state index in [-0.39, 0.29) is 37.5 Å². The Morgan fingerprint density at radius 2 is 1.90 bits per heavy atom. The van der Waals surface area contributed by atoms with Gasteiger partial charge >= 0.3 is 11.9 Å². The standard InChI is InChI=1S/C14H23NO6/c1-5-19-11(4)21-13(17)6-8-15-12(16)7-9-20-14(18)10(2)3/h11H,2,5-9H2,1,3-4H3,(H,15,16). The fourth-order valence-electron chi connectivity index (χ4n) is 1.26. The van der Waals surface area contributed by atoms with Gasteiger partial charge in [0.05, 0.1) is 12.8 Å². The Morgan fingerprint density at radius 3 is 2.48 bits per heavy atom. The molecule has 0 radical (unpaired) electrons. The molecule has 1 atom stereocenters. The zero-order chi connectivity index (χ0) is 16.3. The Labute approximate surface area is 124 Å². The molecular formula is C14H23NO6. The summed E-state index contributed by atoms with van der Waals surface area (Å²) in [6, 6.07) is 0. The monoisotopic (exact) mass is 301 g/mol. The molecule has 120 valence electrons. The van der Waals surface area contributed by atoms with E-state index < -0.39 is 18.2 Å². The van der Waals surface area contributed by atoms with E-state index in [1.807, 2.05) is 0 Å². The first-order chi connectivity index (χ1) is 9.86. The molecular weight excluding hydrogens is 278 g/mol. The number of esters is 2. The van der Waals surface area contributed by atoms with Gasteiger partial charge in [-0.1, -0.05) is 6.58 Å². The van der Waals surface area contributed by atoms with Crippen LogP contribution in [0.1, 0.15) is 33.6 Å². The second-order valence-electron chi connectivity index (χ2n) is 4.28. The van der Waals surface area contributed by atoms with Crippen LogP contribution in [0.25, 0.3) is 0 Å². The molecule has 1 N–H and O–H groups in total. The van der Waals surface area contributed by atoms with Crippen LogP contribution in [0.5, 0.6) is 0 Å². The molecule has 0 aliphatic carbocycles. The van der Waals surface area contributed by atoms with Crippen LogP contribution in [-0.2, 0) is 28.6 Å². The summed E-state index contributed by atoms with van der Waals surface area (Å²) in [5, 5.41) is 2.53. The average molecular weight is 301 g/mol. The van der Waals surface area contributed by atoms with Gasteiger partial charge < -0.3 is 19.5 Å². The molecule has 0 fully saturated rings. The third-order valence-electron chi connectivity index (χ3n) is 2.26. The second kappa shape index (κ2) is 10.8. The van der Waals surface area contributed by atoms with Crippen molar-refractivity contribution in [2.75, 3.05) is 19.8 Å². The summed E-state index contributed by atoms with van der Waals surface area (Å²) in [7, 11) is 0. The van der Waals surface area contributed by atoms with Gasteiger partial charge in [0.1, 0.15) is 6.61 Å². The molecule has 0 spiro atoms. The lowest BCUT2D eigenvalue weighted by molar-refractivity contribution is -0.173. The molecule has 21 heavy (non-hydrogen) atoms. The average Bonchev–Trinajstić information content (AvgIpc) is 2.38. The van der Waals surface area contributed by atoms with Crippen molar-refractivity contribution < 1.29 is 28.6 Å². The molecule has 0 aliphatic heterocycles. The summed E-state index contributed by atoms with van der Waals surface area (Å²) < 4.78 is 14.7. The first kappa shape index (κ1) is 19.1. The molecule has 7 heteroatoms. The van der Waals surface area contributed by atoms with E-state index in [4.69, 9.17) is 14.2 Å². The highest BCUT2D eigenvalue weighted by atomic mass is 16.7. The molecule has 0 aliphatic rings. The number of hydrogen-bond acceptors (Lipinski definition) is 6. The molecule has 0 aromatic rings. The number of ether oxygens (including phenoxy) is 3. The quantitative estimate of drug-likeness (QED) is 0.367. The van der Waals surface area contributed by atoms with E-state index in [1.165, 1.54) is 6.92 Å². The van der Waals surface area contributed by atoms with Crippen molar-refractivity contribution in [3.05, 3.63) is 12.2 Å². The highest BCUT2D eigenvalue weighted by molar-refractivity contribution is 5.87. The van der Waals surface area contributed by atoms with Crippen molar-refractivity contribution in [2.45, 2.75) is 39.9 Å². The van der Waals surface area contributed by atoms with Crippen molar-refractivity contribution in [2.24, 2.45) is 0 Å². The normalized spacial score (nSPS) is 11.4. The van der Waals surface area contributed by atoms with Crippen LogP contribution in [0.15, 0.2) is 12.2 Å². The van der Waals surface area contributed by atoms with Gasteiger partial charge in [-0.25, -0.2) is 4.79 Å². The molecule has 0 bridgehead atoms. The largest absolute Gasteiger partial charge is 0.462 e. The second-order valence-corrected chi connectivity index (χ2v) is 4.28. The van der Waals surface area contributed by atoms with Crippen LogP contribution in [-0.4, -0.2) is 43.9 Å². The Balaban J connectivity index is 3.68. The minimum atomic E-state index is -0.597. The Morgan fingerprint density at radius 1 is 1.24 bits per heavy atom. The van der Waals surface area contributed by atoms with Crippen molar-refractivity contribution in [3.63, 3.8) is 0 Å². The minimum absolute atomic E-state index is 0.0245. The lowest BCUT2D eigenvalue weighted by atomic mass is 10.3. The smallest absolute Gasteiger partial charge is 0.333 e. The zero-order valence-electron chi connectivity index (χ0n) is 12.8. The Kier molecular flexibility index (Phi) is 9.87. The maximum absolute atomic E-state index is 11.4. The molecule has 0 aromatic carbocycles. The van der Waals surface area contributed by atoms with Crippen molar-refractivity contribution >= 4 is 17.8 Å². The van der Waals surface area contributed by atoms with Crippen LogP contribution in [0.2, 0.25) is 0 Å². The number of hydrogen-bond donors (Lipinski definition) is 1. The Hall–Kier alpha value is -1.89. The van der Waals surface area contributed by atoms with E-state index in [0.29, 0.717) is 6.61 Å². The summed E-state index contributed by atoms with van der Waals surface area (Å²) in [5.74, 6) is -1.29. The predicted molar refractivity (Wildman–Crippen MR) is 75.2 cm³/mol. The molecule has 0 heterocycles. The maximum Gasteiger partial charge on any atom is 0.333 e. The lowest BCUT2D eigenvalue weighted by Gasteiger charge is -2.12. The number of carbonyl (C=O) groups is 3. The van der Waals surface area contributed by atoms with Gasteiger partial charge in [0.15, 0.2) is 6.29 Å². The van der Waals surface area contributed by atoms with Crippen molar-refractivity contribution in [1.82, 2.24) is 5.32 Å². The fraction of sp³-hybridized carbons (Fsp3) is 0.643. The van der Waals surface area contributed by atoms with E-state index >= 15 is 0 Å². The molecule has 7 nitrogen and oxygen atoms in total. The van der Waals surface area contributed by atoms with E-state index in [9.17, 15) is 14.4 Å². The van der Waals surface area contributed by atoms with Gasteiger partial charge in [-0.3, -0.25) is 9.59 Å². The third kappa shape index (κ3) is 10.5. The van der Waals surface area contributed by atoms with Gasteiger partial charge in [-0.15, -0.1) is 0 Å². The van der Waals surface area contributed by atoms with Gasteiger partial charge in [0.25, 0.3) is 0 Å². The van der Waals surface area contributed by atoms with Crippen molar-refractivity contribution in [1.29, 1.82) is 0 Å². The highest BCUT2D eigenvalue weighted by Gasteiger charge is 2.10. The molecule has 0 rings (SSSR count). The summed E-state index contributed by atoms with van der Waals surface area (Å²) >= 11 is 0. The summed E-state index contributed by atoms with van der Waals surface area (Å²) in [6.07, 6.45) is -0.516. The number of rotatable bonds is 10. The van der Waals surface area contributed by atoms with Crippen molar-refractivity contribution in [3.8, 4) is 0 Å². The van der Waals surface area contributed by atoms with Crippen LogP contribution in [0.3, 0.4) is 0 Å². The zero-order valence-corrected chi connectivity index (χ0v) is 12.8. The molecule has 0 saturated heterocycles. The number of nitrogens with one attached hydrogen (secondary N) is 1. The van der Waals surface area contributed by atoms with Gasteiger partial charge in [-0.05, 0) is 20.8 Å². The fourth-order valence-corrected chi connectivity index (χ4v) is 1.26. The summed E-state index contributed by atoms with van der Waals surface area (Å²) in [4.78, 5) is 33.8. The molecule has 0 saturated carbocycles. The summed E-state index contributed by atoms with van der Waals surface area (Å²) in [5.41, 5.74) is 0.279. The van der Waals surface area contributed by atoms with E-state index in [0.717, 1.165) is 0 Å². The van der Waals surface area contributed by atoms with Gasteiger partial charge in [0.2, 0.25) is 5.91 Å². The highest BCUT2D eigenvalue weighted by Crippen LogP contribution is 1.96. The van der Waals surface area contributed by atoms with Crippen LogP contribution < -0.4 is 5.32 Å². The third-order valence-corrected chi connectivity index (χ3v) is 2.26. The first-order valence-corrected chi connectivity index (χ1v) is 6.77. The predicted octanol–water partition coefficient (Wildman–Crippen LogP) is 0.928. The topological polar surface area (TPSA) is 90.9 Å². The molecule has 1 amide bonds. The number of amides is 1. The lowest BCUT2D eigenvalue weighted by Crippen LogP contribution is -2.28. The van der Waals surface area contributed by atoms with Crippen LogP contribution in [0, 0.1) is 0 Å². The Bertz CT molecular complexity index is 380. The maximum atomic E-state index is 11.4. The first-order valence-electron chi connectivity index (χ1n) is 6.77. The van der Waals surface area contributed by atoms with Gasteiger partial charge in [0, 0.05) is 18.7 Å². The molecule has 0 aromatic heterocycles. The van der Waals surface area contributed by atoms with Crippen LogP contribution in [0.4, 0.5) is 0 Å². The van der Waals surface area contributed by atoms with E-state index in [2.05, 4.69) is 11.9 Å².